The number of amides is 2. The van der Waals surface area contributed by atoms with Crippen LogP contribution in [0.4, 0.5) is 5.69 Å². The minimum absolute atomic E-state index is 0.0221. The summed E-state index contributed by atoms with van der Waals surface area (Å²) in [6.07, 6.45) is 7.74. The highest BCUT2D eigenvalue weighted by Crippen LogP contribution is 2.26. The first-order valence-corrected chi connectivity index (χ1v) is 13.1. The normalized spacial score (nSPS) is 13.3. The van der Waals surface area contributed by atoms with E-state index in [1.165, 1.54) is 12.8 Å². The molecular weight excluding hydrogens is 514 g/mol. The van der Waals surface area contributed by atoms with Crippen LogP contribution in [0.15, 0.2) is 46.9 Å². The van der Waals surface area contributed by atoms with Gasteiger partial charge in [0.1, 0.15) is 5.75 Å². The second kappa shape index (κ2) is 13.4. The first kappa shape index (κ1) is 26.2. The number of hydrogen-bond donors (Lipinski definition) is 2. The molecule has 1 fully saturated rings. The fraction of sp³-hybridized carbons (Fsp3) is 0.423. The molecule has 1 aliphatic rings. The summed E-state index contributed by atoms with van der Waals surface area (Å²) in [6.45, 7) is 4.35. The predicted octanol–water partition coefficient (Wildman–Crippen LogP) is 6.16. The lowest BCUT2D eigenvalue weighted by atomic mass is 10.1. The SMILES string of the molecule is CCCCCCOc1ccc(C(=O)NC(=S)Nc2ccccc2C(=O)N2CCCCC2)cc1Br. The Morgan fingerprint density at radius 1 is 1.06 bits per heavy atom. The molecule has 0 aromatic heterocycles. The molecule has 0 atom stereocenters. The molecular formula is C26H32BrN3O3S. The smallest absolute Gasteiger partial charge is 0.257 e. The van der Waals surface area contributed by atoms with E-state index in [4.69, 9.17) is 17.0 Å². The highest BCUT2D eigenvalue weighted by atomic mass is 79.9. The second-order valence-electron chi connectivity index (χ2n) is 8.36. The Bertz CT molecular complexity index is 1010. The topological polar surface area (TPSA) is 70.7 Å². The number of anilines is 1. The van der Waals surface area contributed by atoms with Gasteiger partial charge in [-0.3, -0.25) is 14.9 Å². The number of ether oxygens (including phenoxy) is 1. The van der Waals surface area contributed by atoms with Gasteiger partial charge in [0.25, 0.3) is 11.8 Å². The summed E-state index contributed by atoms with van der Waals surface area (Å²) in [5.74, 6) is 0.345. The maximum atomic E-state index is 13.0. The quantitative estimate of drug-likeness (QED) is 0.291. The first-order chi connectivity index (χ1) is 16.5. The second-order valence-corrected chi connectivity index (χ2v) is 9.62. The van der Waals surface area contributed by atoms with Crippen molar-refractivity contribution in [2.45, 2.75) is 51.9 Å². The average molecular weight is 547 g/mol. The maximum absolute atomic E-state index is 13.0. The number of thiocarbonyl (C=S) groups is 1. The summed E-state index contributed by atoms with van der Waals surface area (Å²) < 4.78 is 6.53. The minimum Gasteiger partial charge on any atom is -0.492 e. The van der Waals surface area contributed by atoms with E-state index < -0.39 is 0 Å². The standard InChI is InChI=1S/C26H32BrN3O3S/c1-2-3-4-10-17-33-23-14-13-19(18-21(23)27)24(31)29-26(34)28-22-12-7-6-11-20(22)25(32)30-15-8-5-9-16-30/h6-7,11-14,18H,2-5,8-10,15-17H2,1H3,(H2,28,29,31,34). The molecule has 1 saturated heterocycles. The lowest BCUT2D eigenvalue weighted by molar-refractivity contribution is 0.0725. The Morgan fingerprint density at radius 3 is 2.56 bits per heavy atom. The average Bonchev–Trinajstić information content (AvgIpc) is 2.85. The van der Waals surface area contributed by atoms with E-state index in [2.05, 4.69) is 33.5 Å². The largest absolute Gasteiger partial charge is 0.492 e. The van der Waals surface area contributed by atoms with Crippen LogP contribution < -0.4 is 15.4 Å². The van der Waals surface area contributed by atoms with Crippen molar-refractivity contribution in [1.82, 2.24) is 10.2 Å². The van der Waals surface area contributed by atoms with Gasteiger partial charge < -0.3 is 15.0 Å². The van der Waals surface area contributed by atoms with Crippen LogP contribution in [0.25, 0.3) is 0 Å². The molecule has 0 saturated carbocycles. The van der Waals surface area contributed by atoms with Crippen LogP contribution >= 0.6 is 28.1 Å². The molecule has 1 heterocycles. The van der Waals surface area contributed by atoms with Gasteiger partial charge in [-0.05, 0) is 84.2 Å². The highest BCUT2D eigenvalue weighted by Gasteiger charge is 2.21. The number of halogens is 1. The van der Waals surface area contributed by atoms with Gasteiger partial charge in [-0.15, -0.1) is 0 Å². The van der Waals surface area contributed by atoms with Gasteiger partial charge in [0.05, 0.1) is 22.3 Å². The number of likely N-dealkylation sites (tertiary alicyclic amines) is 1. The van der Waals surface area contributed by atoms with Gasteiger partial charge >= 0.3 is 0 Å². The molecule has 182 valence electrons. The number of para-hydroxylation sites is 1. The third-order valence-corrected chi connectivity index (χ3v) is 6.55. The Labute approximate surface area is 215 Å². The molecule has 0 unspecified atom stereocenters. The molecule has 0 spiro atoms. The highest BCUT2D eigenvalue weighted by molar-refractivity contribution is 9.10. The van der Waals surface area contributed by atoms with Crippen LogP contribution in [-0.4, -0.2) is 41.5 Å². The number of hydrogen-bond acceptors (Lipinski definition) is 4. The van der Waals surface area contributed by atoms with Crippen molar-refractivity contribution in [3.63, 3.8) is 0 Å². The number of nitrogens with one attached hydrogen (secondary N) is 2. The van der Waals surface area contributed by atoms with Crippen LogP contribution in [0.3, 0.4) is 0 Å². The molecule has 6 nitrogen and oxygen atoms in total. The Kier molecular flexibility index (Phi) is 10.3. The van der Waals surface area contributed by atoms with E-state index in [0.717, 1.165) is 45.2 Å². The molecule has 8 heteroatoms. The van der Waals surface area contributed by atoms with Gasteiger partial charge in [-0.2, -0.15) is 0 Å². The fourth-order valence-electron chi connectivity index (χ4n) is 3.84. The van der Waals surface area contributed by atoms with Crippen LogP contribution in [0.2, 0.25) is 0 Å². The van der Waals surface area contributed by atoms with Crippen molar-refractivity contribution in [2.75, 3.05) is 25.0 Å². The summed E-state index contributed by atoms with van der Waals surface area (Å²) in [5.41, 5.74) is 1.58. The van der Waals surface area contributed by atoms with Gasteiger partial charge in [0, 0.05) is 18.7 Å². The van der Waals surface area contributed by atoms with E-state index in [0.29, 0.717) is 33.6 Å². The summed E-state index contributed by atoms with van der Waals surface area (Å²) in [6, 6.07) is 12.4. The van der Waals surface area contributed by atoms with Crippen LogP contribution in [0.5, 0.6) is 5.75 Å². The van der Waals surface area contributed by atoms with E-state index >= 15 is 0 Å². The number of benzene rings is 2. The molecule has 0 radical (unpaired) electrons. The fourth-order valence-corrected chi connectivity index (χ4v) is 4.54. The number of nitrogens with zero attached hydrogens (tertiary/aromatic N) is 1. The summed E-state index contributed by atoms with van der Waals surface area (Å²) >= 11 is 8.85. The number of piperidine rings is 1. The number of carbonyl (C=O) groups is 2. The van der Waals surface area contributed by atoms with E-state index in [-0.39, 0.29) is 16.9 Å². The minimum atomic E-state index is -0.340. The van der Waals surface area contributed by atoms with Crippen LogP contribution in [0, 0.1) is 0 Å². The molecule has 0 bridgehead atoms. The number of unbranched alkanes of at least 4 members (excludes halogenated alkanes) is 3. The van der Waals surface area contributed by atoms with Crippen molar-refractivity contribution >= 4 is 50.8 Å². The molecule has 2 N–H and O–H groups in total. The van der Waals surface area contributed by atoms with Gasteiger partial charge in [-0.1, -0.05) is 38.3 Å². The van der Waals surface area contributed by atoms with Crippen molar-refractivity contribution in [1.29, 1.82) is 0 Å². The number of carbonyl (C=O) groups excluding carboxylic acids is 2. The van der Waals surface area contributed by atoms with Crippen molar-refractivity contribution < 1.29 is 14.3 Å². The van der Waals surface area contributed by atoms with Crippen molar-refractivity contribution in [3.8, 4) is 5.75 Å². The van der Waals surface area contributed by atoms with Crippen LogP contribution in [-0.2, 0) is 0 Å². The Balaban J connectivity index is 1.57. The van der Waals surface area contributed by atoms with Crippen molar-refractivity contribution in [2.24, 2.45) is 0 Å². The Morgan fingerprint density at radius 2 is 1.82 bits per heavy atom. The van der Waals surface area contributed by atoms with Gasteiger partial charge in [0.15, 0.2) is 5.11 Å². The first-order valence-electron chi connectivity index (χ1n) is 11.9. The summed E-state index contributed by atoms with van der Waals surface area (Å²) in [7, 11) is 0. The number of rotatable bonds is 9. The van der Waals surface area contributed by atoms with E-state index in [1.807, 2.05) is 17.0 Å². The zero-order chi connectivity index (χ0) is 24.3. The van der Waals surface area contributed by atoms with Gasteiger partial charge in [-0.25, -0.2) is 0 Å². The molecule has 2 aromatic carbocycles. The third-order valence-electron chi connectivity index (χ3n) is 5.73. The van der Waals surface area contributed by atoms with E-state index in [9.17, 15) is 9.59 Å². The zero-order valence-electron chi connectivity index (χ0n) is 19.6. The lowest BCUT2D eigenvalue weighted by Gasteiger charge is -2.27. The zero-order valence-corrected chi connectivity index (χ0v) is 22.0. The molecule has 0 aliphatic carbocycles. The Hall–Kier alpha value is -2.45. The summed E-state index contributed by atoms with van der Waals surface area (Å²) in [4.78, 5) is 27.6. The lowest BCUT2D eigenvalue weighted by Crippen LogP contribution is -2.37. The molecule has 2 aromatic rings. The van der Waals surface area contributed by atoms with E-state index in [1.54, 1.807) is 30.3 Å². The van der Waals surface area contributed by atoms with Gasteiger partial charge in [0.2, 0.25) is 0 Å². The summed E-state index contributed by atoms with van der Waals surface area (Å²) in [5, 5.41) is 5.85. The maximum Gasteiger partial charge on any atom is 0.257 e. The molecule has 3 rings (SSSR count). The molecule has 2 amide bonds. The van der Waals surface area contributed by atoms with Crippen LogP contribution in [0.1, 0.15) is 72.6 Å². The molecule has 1 aliphatic heterocycles. The van der Waals surface area contributed by atoms with Crippen molar-refractivity contribution in [3.05, 3.63) is 58.1 Å². The molecule has 34 heavy (non-hydrogen) atoms. The third kappa shape index (κ3) is 7.53. The predicted molar refractivity (Wildman–Crippen MR) is 144 cm³/mol. The monoisotopic (exact) mass is 545 g/mol.